The zero-order valence-corrected chi connectivity index (χ0v) is 11.1. The Balaban J connectivity index is 1.77. The molecule has 5 nitrogen and oxygen atoms in total. The van der Waals surface area contributed by atoms with Crippen molar-refractivity contribution in [1.82, 2.24) is 15.5 Å². The second kappa shape index (κ2) is 4.93. The summed E-state index contributed by atoms with van der Waals surface area (Å²) >= 11 is 1.25. The number of fused-ring (bicyclic) bond motifs is 1. The number of nitrogens with zero attached hydrogens (tertiary/aromatic N) is 1. The third kappa shape index (κ3) is 2.35. The van der Waals surface area contributed by atoms with E-state index in [1.54, 1.807) is 18.3 Å². The summed E-state index contributed by atoms with van der Waals surface area (Å²) in [4.78, 5) is 12.6. The number of carbonyl (C=O) groups is 1. The van der Waals surface area contributed by atoms with Crippen LogP contribution in [0.4, 0.5) is 10.2 Å². The number of nitrogens with two attached hydrogens (primary N) is 1. The van der Waals surface area contributed by atoms with Crippen LogP contribution in [0.15, 0.2) is 30.5 Å². The lowest BCUT2D eigenvalue weighted by Crippen LogP contribution is -2.22. The maximum absolute atomic E-state index is 13.1. The average molecular weight is 290 g/mol. The van der Waals surface area contributed by atoms with Gasteiger partial charge in [-0.25, -0.2) is 4.39 Å². The molecule has 0 spiro atoms. The molecule has 0 saturated carbocycles. The van der Waals surface area contributed by atoms with Gasteiger partial charge in [0.15, 0.2) is 0 Å². The Labute approximate surface area is 117 Å². The van der Waals surface area contributed by atoms with E-state index in [0.717, 1.165) is 15.6 Å². The molecule has 3 aromatic rings. The molecule has 20 heavy (non-hydrogen) atoms. The fourth-order valence-corrected chi connectivity index (χ4v) is 2.85. The minimum Gasteiger partial charge on any atom is -0.384 e. The third-order valence-corrected chi connectivity index (χ3v) is 3.99. The lowest BCUT2D eigenvalue weighted by atomic mass is 10.2. The van der Waals surface area contributed by atoms with E-state index in [2.05, 4.69) is 15.5 Å². The number of amides is 1. The number of carbonyl (C=O) groups excluding carboxylic acids is 1. The van der Waals surface area contributed by atoms with Gasteiger partial charge in [-0.05, 0) is 23.6 Å². The van der Waals surface area contributed by atoms with Gasteiger partial charge in [-0.3, -0.25) is 9.89 Å². The number of nitrogen functional groups attached to an aromatic ring is 1. The van der Waals surface area contributed by atoms with Crippen molar-refractivity contribution in [3.05, 3.63) is 46.7 Å². The first-order valence-corrected chi connectivity index (χ1v) is 6.70. The molecular formula is C13H11FN4OS. The smallest absolute Gasteiger partial charge is 0.261 e. The number of nitrogens with one attached hydrogen (secondary N) is 2. The molecule has 7 heteroatoms. The number of halogens is 1. The normalized spacial score (nSPS) is 10.8. The molecule has 0 bridgehead atoms. The summed E-state index contributed by atoms with van der Waals surface area (Å²) in [5.41, 5.74) is 6.36. The molecule has 0 atom stereocenters. The highest BCUT2D eigenvalue weighted by Crippen LogP contribution is 2.26. The highest BCUT2D eigenvalue weighted by atomic mass is 32.1. The molecule has 102 valence electrons. The number of hydrogen-bond acceptors (Lipinski definition) is 4. The van der Waals surface area contributed by atoms with Gasteiger partial charge in [-0.15, -0.1) is 11.3 Å². The van der Waals surface area contributed by atoms with Crippen LogP contribution < -0.4 is 11.1 Å². The number of H-pyrrole nitrogens is 1. The van der Waals surface area contributed by atoms with Crippen LogP contribution in [0, 0.1) is 5.82 Å². The van der Waals surface area contributed by atoms with Crippen molar-refractivity contribution in [3.63, 3.8) is 0 Å². The zero-order valence-electron chi connectivity index (χ0n) is 10.3. The van der Waals surface area contributed by atoms with Gasteiger partial charge >= 0.3 is 0 Å². The van der Waals surface area contributed by atoms with Gasteiger partial charge in [-0.1, -0.05) is 6.07 Å². The van der Waals surface area contributed by atoms with Crippen LogP contribution in [-0.4, -0.2) is 16.1 Å². The van der Waals surface area contributed by atoms with E-state index in [4.69, 9.17) is 5.73 Å². The zero-order chi connectivity index (χ0) is 14.1. The number of aromatic amines is 1. The maximum Gasteiger partial charge on any atom is 0.261 e. The monoisotopic (exact) mass is 290 g/mol. The molecule has 0 aliphatic rings. The van der Waals surface area contributed by atoms with E-state index < -0.39 is 0 Å². The summed E-state index contributed by atoms with van der Waals surface area (Å²) in [6.07, 6.45) is 1.57. The second-order valence-electron chi connectivity index (χ2n) is 4.28. The number of rotatable bonds is 3. The maximum atomic E-state index is 13.1. The highest BCUT2D eigenvalue weighted by Gasteiger charge is 2.11. The molecule has 3 rings (SSSR count). The van der Waals surface area contributed by atoms with Crippen molar-refractivity contribution < 1.29 is 9.18 Å². The number of hydrogen-bond donors (Lipinski definition) is 3. The molecule has 4 N–H and O–H groups in total. The largest absolute Gasteiger partial charge is 0.384 e. The van der Waals surface area contributed by atoms with Gasteiger partial charge in [0, 0.05) is 16.8 Å². The van der Waals surface area contributed by atoms with E-state index >= 15 is 0 Å². The Bertz CT molecular complexity index is 780. The number of thiophene rings is 1. The van der Waals surface area contributed by atoms with Crippen LogP contribution in [0.1, 0.15) is 15.2 Å². The Morgan fingerprint density at radius 2 is 2.30 bits per heavy atom. The molecule has 1 amide bonds. The van der Waals surface area contributed by atoms with Crippen molar-refractivity contribution in [1.29, 1.82) is 0 Å². The first-order valence-electron chi connectivity index (χ1n) is 5.88. The van der Waals surface area contributed by atoms with Crippen LogP contribution in [0.5, 0.6) is 0 Å². The summed E-state index contributed by atoms with van der Waals surface area (Å²) in [6, 6.07) is 6.20. The van der Waals surface area contributed by atoms with Gasteiger partial charge in [0.25, 0.3) is 5.91 Å². The van der Waals surface area contributed by atoms with E-state index in [-0.39, 0.29) is 11.7 Å². The summed E-state index contributed by atoms with van der Waals surface area (Å²) in [5.74, 6) is -0.0894. The minimum atomic E-state index is -0.308. The summed E-state index contributed by atoms with van der Waals surface area (Å²) in [7, 11) is 0. The van der Waals surface area contributed by atoms with Gasteiger partial charge < -0.3 is 11.1 Å². The average Bonchev–Trinajstić information content (AvgIpc) is 3.01. The Morgan fingerprint density at radius 1 is 1.45 bits per heavy atom. The molecule has 0 unspecified atom stereocenters. The van der Waals surface area contributed by atoms with Crippen LogP contribution in [0.3, 0.4) is 0 Å². The minimum absolute atomic E-state index is 0.216. The molecular weight excluding hydrogens is 279 g/mol. The van der Waals surface area contributed by atoms with E-state index in [9.17, 15) is 9.18 Å². The van der Waals surface area contributed by atoms with Gasteiger partial charge in [0.1, 0.15) is 11.6 Å². The Kier molecular flexibility index (Phi) is 3.11. The van der Waals surface area contributed by atoms with Crippen LogP contribution in [0.25, 0.3) is 10.1 Å². The first kappa shape index (κ1) is 12.6. The topological polar surface area (TPSA) is 83.8 Å². The van der Waals surface area contributed by atoms with Crippen molar-refractivity contribution in [2.24, 2.45) is 0 Å². The standard InChI is InChI=1S/C13H11FN4OS/c14-9-2-1-7-3-11(20-10(7)4-9)13(19)16-5-8-6-17-18-12(8)15/h1-4,6H,5H2,(H,16,19)(H3,15,17,18). The molecule has 0 saturated heterocycles. The van der Waals surface area contributed by atoms with E-state index in [0.29, 0.717) is 17.2 Å². The van der Waals surface area contributed by atoms with Crippen molar-refractivity contribution in [3.8, 4) is 0 Å². The fourth-order valence-electron chi connectivity index (χ4n) is 1.84. The predicted molar refractivity (Wildman–Crippen MR) is 76.0 cm³/mol. The molecule has 0 aliphatic heterocycles. The molecule has 0 aliphatic carbocycles. The number of benzene rings is 1. The highest BCUT2D eigenvalue weighted by molar-refractivity contribution is 7.20. The van der Waals surface area contributed by atoms with Crippen molar-refractivity contribution >= 4 is 33.1 Å². The Morgan fingerprint density at radius 3 is 3.05 bits per heavy atom. The molecule has 2 aromatic heterocycles. The second-order valence-corrected chi connectivity index (χ2v) is 5.37. The lowest BCUT2D eigenvalue weighted by molar-refractivity contribution is 0.0955. The molecule has 1 aromatic carbocycles. The lowest BCUT2D eigenvalue weighted by Gasteiger charge is -2.01. The number of anilines is 1. The van der Waals surface area contributed by atoms with E-state index in [1.807, 2.05) is 0 Å². The molecule has 0 fully saturated rings. The molecule has 2 heterocycles. The summed E-state index contributed by atoms with van der Waals surface area (Å²) < 4.78 is 13.9. The van der Waals surface area contributed by atoms with Crippen molar-refractivity contribution in [2.45, 2.75) is 6.54 Å². The number of aromatic nitrogens is 2. The van der Waals surface area contributed by atoms with Crippen molar-refractivity contribution in [2.75, 3.05) is 5.73 Å². The molecule has 0 radical (unpaired) electrons. The quantitative estimate of drug-likeness (QED) is 0.692. The van der Waals surface area contributed by atoms with Crippen LogP contribution >= 0.6 is 11.3 Å². The SMILES string of the molecule is Nc1[nH]ncc1CNC(=O)c1cc2ccc(F)cc2s1. The Hall–Kier alpha value is -2.41. The van der Waals surface area contributed by atoms with Crippen LogP contribution in [-0.2, 0) is 6.54 Å². The fraction of sp³-hybridized carbons (Fsp3) is 0.0769. The van der Waals surface area contributed by atoms with Gasteiger partial charge in [-0.2, -0.15) is 5.10 Å². The van der Waals surface area contributed by atoms with E-state index in [1.165, 1.54) is 23.5 Å². The van der Waals surface area contributed by atoms with Gasteiger partial charge in [0.2, 0.25) is 0 Å². The third-order valence-electron chi connectivity index (χ3n) is 2.90. The summed E-state index contributed by atoms with van der Waals surface area (Å²) in [5, 5.41) is 9.98. The first-order chi connectivity index (χ1) is 9.63. The van der Waals surface area contributed by atoms with Gasteiger partial charge in [0.05, 0.1) is 11.1 Å². The summed E-state index contributed by atoms with van der Waals surface area (Å²) in [6.45, 7) is 0.295. The van der Waals surface area contributed by atoms with Crippen LogP contribution in [0.2, 0.25) is 0 Å². The predicted octanol–water partition coefficient (Wildman–Crippen LogP) is 2.28.